The van der Waals surface area contributed by atoms with Crippen molar-refractivity contribution in [2.45, 2.75) is 45.1 Å². The maximum Gasteiger partial charge on any atom is 0.228 e. The normalized spacial score (nSPS) is 24.4. The second kappa shape index (κ2) is 8.00. The maximum absolute atomic E-state index is 12.8. The molecule has 2 aliphatic heterocycles. The molecule has 27 heavy (non-hydrogen) atoms. The minimum absolute atomic E-state index is 0.0266. The van der Waals surface area contributed by atoms with Gasteiger partial charge in [0.05, 0.1) is 17.4 Å². The van der Waals surface area contributed by atoms with Crippen molar-refractivity contribution in [3.8, 4) is 0 Å². The molecule has 0 aliphatic carbocycles. The van der Waals surface area contributed by atoms with E-state index in [0.717, 1.165) is 24.9 Å². The molecular weight excluding hydrogens is 364 g/mol. The molecule has 0 spiro atoms. The molecule has 2 saturated heterocycles. The molecule has 2 atom stereocenters. The van der Waals surface area contributed by atoms with E-state index in [9.17, 15) is 18.0 Å². The summed E-state index contributed by atoms with van der Waals surface area (Å²) in [6.45, 7) is 2.52. The average molecular weight is 393 g/mol. The van der Waals surface area contributed by atoms with Crippen LogP contribution in [0.1, 0.15) is 38.2 Å². The summed E-state index contributed by atoms with van der Waals surface area (Å²) in [4.78, 5) is 28.5. The Balaban J connectivity index is 1.63. The van der Waals surface area contributed by atoms with Gasteiger partial charge < -0.3 is 9.80 Å². The molecule has 148 valence electrons. The highest BCUT2D eigenvalue weighted by Crippen LogP contribution is 2.28. The largest absolute Gasteiger partial charge is 0.341 e. The third-order valence-corrected chi connectivity index (χ3v) is 7.40. The summed E-state index contributed by atoms with van der Waals surface area (Å²) >= 11 is 0. The van der Waals surface area contributed by atoms with Gasteiger partial charge in [0.15, 0.2) is 9.84 Å². The van der Waals surface area contributed by atoms with E-state index in [4.69, 9.17) is 0 Å². The number of carbonyl (C=O) groups excluding carboxylic acids is 2. The number of anilines is 1. The van der Waals surface area contributed by atoms with Gasteiger partial charge in [-0.3, -0.25) is 9.59 Å². The first-order valence-electron chi connectivity index (χ1n) is 9.67. The van der Waals surface area contributed by atoms with Crippen molar-refractivity contribution in [2.75, 3.05) is 30.0 Å². The van der Waals surface area contributed by atoms with Crippen molar-refractivity contribution >= 4 is 27.3 Å². The molecule has 7 heteroatoms. The Bertz CT molecular complexity index is 804. The van der Waals surface area contributed by atoms with E-state index in [2.05, 4.69) is 6.92 Å². The van der Waals surface area contributed by atoms with Crippen molar-refractivity contribution in [3.63, 3.8) is 0 Å². The number of benzene rings is 1. The van der Waals surface area contributed by atoms with Crippen molar-refractivity contribution in [2.24, 2.45) is 5.92 Å². The molecule has 2 heterocycles. The molecule has 2 amide bonds. The minimum Gasteiger partial charge on any atom is -0.341 e. The Morgan fingerprint density at radius 2 is 1.96 bits per heavy atom. The molecule has 0 radical (unpaired) electrons. The quantitative estimate of drug-likeness (QED) is 0.742. The molecule has 0 aromatic heterocycles. The van der Waals surface area contributed by atoms with E-state index in [1.165, 1.54) is 5.56 Å². The number of rotatable bonds is 6. The van der Waals surface area contributed by atoms with Gasteiger partial charge in [0.1, 0.15) is 0 Å². The van der Waals surface area contributed by atoms with Crippen LogP contribution in [0, 0.1) is 5.92 Å². The van der Waals surface area contributed by atoms with Crippen molar-refractivity contribution in [1.82, 2.24) is 4.90 Å². The molecule has 2 fully saturated rings. The number of aryl methyl sites for hydroxylation is 1. The fourth-order valence-electron chi connectivity index (χ4n) is 3.89. The van der Waals surface area contributed by atoms with Crippen LogP contribution in [0.15, 0.2) is 24.3 Å². The summed E-state index contributed by atoms with van der Waals surface area (Å²) in [5, 5.41) is 0. The number of hydrogen-bond acceptors (Lipinski definition) is 4. The van der Waals surface area contributed by atoms with Crippen LogP contribution in [0.4, 0.5) is 5.69 Å². The zero-order valence-electron chi connectivity index (χ0n) is 16.1. The summed E-state index contributed by atoms with van der Waals surface area (Å²) < 4.78 is 23.3. The van der Waals surface area contributed by atoms with Crippen LogP contribution in [-0.4, -0.2) is 56.3 Å². The van der Waals surface area contributed by atoms with Gasteiger partial charge in [-0.05, 0) is 37.0 Å². The van der Waals surface area contributed by atoms with Crippen LogP contribution < -0.4 is 4.90 Å². The molecule has 3 rings (SSSR count). The monoisotopic (exact) mass is 392 g/mol. The number of hydrogen-bond donors (Lipinski definition) is 0. The molecule has 2 aliphatic rings. The predicted octanol–water partition coefficient (Wildman–Crippen LogP) is 2.03. The van der Waals surface area contributed by atoms with E-state index >= 15 is 0 Å². The first-order chi connectivity index (χ1) is 12.8. The molecule has 1 aromatic carbocycles. The van der Waals surface area contributed by atoms with E-state index in [1.54, 1.807) is 16.8 Å². The zero-order valence-corrected chi connectivity index (χ0v) is 16.9. The van der Waals surface area contributed by atoms with E-state index < -0.39 is 15.8 Å². The van der Waals surface area contributed by atoms with Crippen LogP contribution in [0.2, 0.25) is 0 Å². The lowest BCUT2D eigenvalue weighted by Gasteiger charge is -2.26. The first-order valence-corrected chi connectivity index (χ1v) is 11.5. The summed E-state index contributed by atoms with van der Waals surface area (Å²) in [6.07, 6.45) is 3.98. The molecule has 0 saturated carbocycles. The molecule has 6 nitrogen and oxygen atoms in total. The lowest BCUT2D eigenvalue weighted by molar-refractivity contribution is -0.136. The number of nitrogens with zero attached hydrogens (tertiary/aromatic N) is 2. The van der Waals surface area contributed by atoms with Crippen molar-refractivity contribution in [1.29, 1.82) is 0 Å². The molecule has 0 bridgehead atoms. The lowest BCUT2D eigenvalue weighted by Crippen LogP contribution is -2.42. The van der Waals surface area contributed by atoms with E-state index in [0.29, 0.717) is 13.0 Å². The van der Waals surface area contributed by atoms with Crippen LogP contribution in [0.25, 0.3) is 0 Å². The lowest BCUT2D eigenvalue weighted by atomic mass is 10.1. The predicted molar refractivity (Wildman–Crippen MR) is 105 cm³/mol. The van der Waals surface area contributed by atoms with Gasteiger partial charge in [0.25, 0.3) is 0 Å². The third-order valence-electron chi connectivity index (χ3n) is 5.65. The molecule has 0 unspecified atom stereocenters. The standard InChI is InChI=1S/C20H28N2O4S/c1-3-4-5-15-6-8-17(9-7-15)22-13-16(12-19(22)23)20(24)21(2)18-10-11-27(25,26)14-18/h6-9,16,18H,3-5,10-14H2,1-2H3/t16-,18-/m0/s1. The fraction of sp³-hybridized carbons (Fsp3) is 0.600. The van der Waals surface area contributed by atoms with Crippen LogP contribution in [-0.2, 0) is 25.8 Å². The van der Waals surface area contributed by atoms with E-state index in [1.807, 2.05) is 24.3 Å². The number of carbonyl (C=O) groups is 2. The highest BCUT2D eigenvalue weighted by molar-refractivity contribution is 7.91. The topological polar surface area (TPSA) is 74.8 Å². The van der Waals surface area contributed by atoms with Crippen LogP contribution in [0.3, 0.4) is 0 Å². The van der Waals surface area contributed by atoms with Gasteiger partial charge in [0, 0.05) is 31.7 Å². The zero-order chi connectivity index (χ0) is 19.6. The summed E-state index contributed by atoms with van der Waals surface area (Å²) in [7, 11) is -1.39. The van der Waals surface area contributed by atoms with Gasteiger partial charge >= 0.3 is 0 Å². The smallest absolute Gasteiger partial charge is 0.228 e. The van der Waals surface area contributed by atoms with Gasteiger partial charge in [-0.2, -0.15) is 0 Å². The Labute approximate surface area is 161 Å². The van der Waals surface area contributed by atoms with Crippen molar-refractivity contribution in [3.05, 3.63) is 29.8 Å². The number of sulfone groups is 1. The SMILES string of the molecule is CCCCc1ccc(N2C[C@@H](C(=O)N(C)[C@H]3CCS(=O)(=O)C3)CC2=O)cc1. The Kier molecular flexibility index (Phi) is 5.89. The highest BCUT2D eigenvalue weighted by Gasteiger charge is 2.40. The Morgan fingerprint density at radius 3 is 2.56 bits per heavy atom. The third kappa shape index (κ3) is 4.51. The molecule has 0 N–H and O–H groups in total. The van der Waals surface area contributed by atoms with Gasteiger partial charge in [-0.1, -0.05) is 25.5 Å². The second-order valence-corrected chi connectivity index (χ2v) is 9.91. The number of unbranched alkanes of at least 4 members (excludes halogenated alkanes) is 1. The number of amides is 2. The van der Waals surface area contributed by atoms with Crippen molar-refractivity contribution < 1.29 is 18.0 Å². The average Bonchev–Trinajstić information content (AvgIpc) is 3.21. The maximum atomic E-state index is 12.8. The summed E-state index contributed by atoms with van der Waals surface area (Å²) in [5.41, 5.74) is 2.07. The summed E-state index contributed by atoms with van der Waals surface area (Å²) in [6, 6.07) is 7.71. The van der Waals surface area contributed by atoms with Gasteiger partial charge in [-0.15, -0.1) is 0 Å². The van der Waals surface area contributed by atoms with Crippen LogP contribution in [0.5, 0.6) is 0 Å². The fourth-order valence-corrected chi connectivity index (χ4v) is 5.67. The Hall–Kier alpha value is -1.89. The Morgan fingerprint density at radius 1 is 1.26 bits per heavy atom. The van der Waals surface area contributed by atoms with E-state index in [-0.39, 0.29) is 35.8 Å². The molecular formula is C20H28N2O4S. The molecule has 1 aromatic rings. The highest BCUT2D eigenvalue weighted by atomic mass is 32.2. The first kappa shape index (κ1) is 19.9. The van der Waals surface area contributed by atoms with Gasteiger partial charge in [-0.25, -0.2) is 8.42 Å². The summed E-state index contributed by atoms with van der Waals surface area (Å²) in [5.74, 6) is -0.436. The second-order valence-electron chi connectivity index (χ2n) is 7.68. The van der Waals surface area contributed by atoms with Crippen LogP contribution >= 0.6 is 0 Å². The minimum atomic E-state index is -3.04. The van der Waals surface area contributed by atoms with Gasteiger partial charge in [0.2, 0.25) is 11.8 Å².